The molecule has 1 aromatic carbocycles. The van der Waals surface area contributed by atoms with Crippen LogP contribution in [0, 0.1) is 21.7 Å². The number of amides is 1. The number of hydrogen-bond acceptors (Lipinski definition) is 4. The molecule has 0 spiro atoms. The Hall–Kier alpha value is -2.35. The van der Waals surface area contributed by atoms with E-state index in [1.54, 1.807) is 31.4 Å². The van der Waals surface area contributed by atoms with Crippen LogP contribution in [0.25, 0.3) is 0 Å². The van der Waals surface area contributed by atoms with E-state index in [1.807, 2.05) is 0 Å². The number of carbonyl (C=O) groups excluding carboxylic acids is 1. The Morgan fingerprint density at radius 3 is 2.55 bits per heavy atom. The second-order valence-electron chi connectivity index (χ2n) is 5.10. The van der Waals surface area contributed by atoms with Crippen molar-refractivity contribution in [3.63, 3.8) is 0 Å². The number of nitrogens with one attached hydrogen (secondary N) is 1. The van der Waals surface area contributed by atoms with Crippen molar-refractivity contribution >= 4 is 28.6 Å². The van der Waals surface area contributed by atoms with Crippen LogP contribution in [0.1, 0.15) is 18.7 Å². The lowest BCUT2D eigenvalue weighted by atomic mass is 9.90. The third-order valence-electron chi connectivity index (χ3n) is 3.19. The Morgan fingerprint density at radius 2 is 2.00 bits per heavy atom. The lowest BCUT2D eigenvalue weighted by Crippen LogP contribution is -2.34. The van der Waals surface area contributed by atoms with Gasteiger partial charge in [0.25, 0.3) is 0 Å². The molecule has 0 aliphatic rings. The molecule has 2 aromatic rings. The molecule has 0 aliphatic heterocycles. The van der Waals surface area contributed by atoms with Gasteiger partial charge in [-0.05, 0) is 25.3 Å². The number of benzene rings is 1. The third-order valence-corrected chi connectivity index (χ3v) is 4.38. The Labute approximate surface area is 128 Å². The van der Waals surface area contributed by atoms with Gasteiger partial charge in [0.05, 0.1) is 16.0 Å². The highest BCUT2D eigenvalue weighted by Crippen LogP contribution is 2.31. The summed E-state index contributed by atoms with van der Waals surface area (Å²) in [5, 5.41) is 14.8. The molecule has 0 unspecified atom stereocenters. The van der Waals surface area contributed by atoms with Gasteiger partial charge in [-0.3, -0.25) is 14.9 Å². The maximum atomic E-state index is 13.7. The summed E-state index contributed by atoms with van der Waals surface area (Å²) in [6, 6.07) is 4.59. The third kappa shape index (κ3) is 2.96. The Kier molecular flexibility index (Phi) is 4.23. The number of thiophene rings is 1. The summed E-state index contributed by atoms with van der Waals surface area (Å²) >= 11 is 1.36. The minimum atomic E-state index is -1.29. The number of nitrogens with zero attached hydrogens (tertiary/aromatic N) is 1. The van der Waals surface area contributed by atoms with E-state index < -0.39 is 39.3 Å². The van der Waals surface area contributed by atoms with Crippen molar-refractivity contribution in [1.29, 1.82) is 0 Å². The quantitative estimate of drug-likeness (QED) is 0.685. The first-order valence-corrected chi connectivity index (χ1v) is 7.10. The Bertz CT molecular complexity index is 730. The summed E-state index contributed by atoms with van der Waals surface area (Å²) in [5.74, 6) is -2.91. The van der Waals surface area contributed by atoms with Crippen LogP contribution < -0.4 is 5.32 Å². The molecule has 2 rings (SSSR count). The molecule has 0 saturated heterocycles. The van der Waals surface area contributed by atoms with E-state index in [0.717, 1.165) is 4.88 Å². The average Bonchev–Trinajstić information content (AvgIpc) is 2.95. The Balaban J connectivity index is 2.33. The fourth-order valence-corrected chi connectivity index (χ4v) is 2.65. The summed E-state index contributed by atoms with van der Waals surface area (Å²) in [7, 11) is 0. The average molecular weight is 326 g/mol. The van der Waals surface area contributed by atoms with Crippen molar-refractivity contribution in [3.05, 3.63) is 56.3 Å². The molecule has 0 aliphatic carbocycles. The van der Waals surface area contributed by atoms with Crippen LogP contribution in [0.5, 0.6) is 0 Å². The predicted octanol–water partition coefficient (Wildman–Crippen LogP) is 3.85. The number of nitro benzene ring substituents is 1. The van der Waals surface area contributed by atoms with Crippen molar-refractivity contribution in [2.75, 3.05) is 5.32 Å². The van der Waals surface area contributed by atoms with Crippen molar-refractivity contribution in [1.82, 2.24) is 0 Å². The van der Waals surface area contributed by atoms with E-state index in [0.29, 0.717) is 12.1 Å². The zero-order valence-electron chi connectivity index (χ0n) is 11.7. The van der Waals surface area contributed by atoms with E-state index >= 15 is 0 Å². The number of rotatable bonds is 4. The molecular weight excluding hydrogens is 314 g/mol. The molecule has 0 saturated carbocycles. The van der Waals surface area contributed by atoms with Crippen LogP contribution in [0.2, 0.25) is 0 Å². The van der Waals surface area contributed by atoms with E-state index in [2.05, 4.69) is 5.32 Å². The standard InChI is InChI=1S/C14H12F2N2O3S/c1-14(2,12-4-3-5-22-12)13(19)17-10-7-11(18(20)21)9(16)6-8(10)15/h3-7H,1-2H3,(H,17,19). The van der Waals surface area contributed by atoms with Crippen LogP contribution >= 0.6 is 11.3 Å². The molecule has 22 heavy (non-hydrogen) atoms. The van der Waals surface area contributed by atoms with Crippen molar-refractivity contribution in [2.24, 2.45) is 0 Å². The second-order valence-corrected chi connectivity index (χ2v) is 6.04. The predicted molar refractivity (Wildman–Crippen MR) is 79.0 cm³/mol. The highest BCUT2D eigenvalue weighted by Gasteiger charge is 2.32. The van der Waals surface area contributed by atoms with E-state index in [9.17, 15) is 23.7 Å². The van der Waals surface area contributed by atoms with Crippen LogP contribution in [-0.2, 0) is 10.2 Å². The van der Waals surface area contributed by atoms with Crippen LogP contribution in [-0.4, -0.2) is 10.8 Å². The van der Waals surface area contributed by atoms with Crippen LogP contribution in [0.4, 0.5) is 20.2 Å². The normalized spacial score (nSPS) is 11.3. The van der Waals surface area contributed by atoms with Gasteiger partial charge in [-0.25, -0.2) is 4.39 Å². The molecule has 1 aromatic heterocycles. The summed E-state index contributed by atoms with van der Waals surface area (Å²) in [4.78, 5) is 22.8. The molecule has 1 amide bonds. The molecule has 116 valence electrons. The molecule has 0 radical (unpaired) electrons. The summed E-state index contributed by atoms with van der Waals surface area (Å²) in [6.07, 6.45) is 0. The monoisotopic (exact) mass is 326 g/mol. The van der Waals surface area contributed by atoms with Gasteiger partial charge in [0.15, 0.2) is 0 Å². The fourth-order valence-electron chi connectivity index (χ4n) is 1.80. The lowest BCUT2D eigenvalue weighted by molar-refractivity contribution is -0.387. The van der Waals surface area contributed by atoms with E-state index in [4.69, 9.17) is 0 Å². The van der Waals surface area contributed by atoms with Gasteiger partial charge >= 0.3 is 5.69 Å². The molecule has 1 N–H and O–H groups in total. The summed E-state index contributed by atoms with van der Waals surface area (Å²) < 4.78 is 27.0. The maximum absolute atomic E-state index is 13.7. The van der Waals surface area contributed by atoms with Crippen molar-refractivity contribution in [2.45, 2.75) is 19.3 Å². The number of hydrogen-bond donors (Lipinski definition) is 1. The molecular formula is C14H12F2N2O3S. The van der Waals surface area contributed by atoms with Gasteiger partial charge in [-0.1, -0.05) is 6.07 Å². The van der Waals surface area contributed by atoms with Gasteiger partial charge in [0, 0.05) is 17.0 Å². The summed E-state index contributed by atoms with van der Waals surface area (Å²) in [6.45, 7) is 3.29. The second kappa shape index (κ2) is 5.80. The molecule has 0 atom stereocenters. The topological polar surface area (TPSA) is 72.2 Å². The lowest BCUT2D eigenvalue weighted by Gasteiger charge is -2.22. The number of halogens is 2. The molecule has 8 heteroatoms. The highest BCUT2D eigenvalue weighted by molar-refractivity contribution is 7.10. The van der Waals surface area contributed by atoms with Crippen LogP contribution in [0.15, 0.2) is 29.6 Å². The zero-order valence-corrected chi connectivity index (χ0v) is 12.5. The first kappa shape index (κ1) is 16.0. The zero-order chi connectivity index (χ0) is 16.5. The largest absolute Gasteiger partial charge is 0.323 e. The number of carbonyl (C=O) groups is 1. The maximum Gasteiger partial charge on any atom is 0.307 e. The molecule has 0 fully saturated rings. The van der Waals surface area contributed by atoms with Gasteiger partial charge < -0.3 is 5.32 Å². The number of nitro groups is 1. The Morgan fingerprint density at radius 1 is 1.32 bits per heavy atom. The number of anilines is 1. The first-order valence-electron chi connectivity index (χ1n) is 6.22. The first-order chi connectivity index (χ1) is 10.2. The van der Waals surface area contributed by atoms with Crippen molar-refractivity contribution in [3.8, 4) is 0 Å². The van der Waals surface area contributed by atoms with Gasteiger partial charge in [-0.15, -0.1) is 11.3 Å². The molecule has 1 heterocycles. The van der Waals surface area contributed by atoms with Crippen LogP contribution in [0.3, 0.4) is 0 Å². The smallest absolute Gasteiger partial charge is 0.307 e. The van der Waals surface area contributed by atoms with Gasteiger partial charge in [0.1, 0.15) is 5.82 Å². The van der Waals surface area contributed by atoms with E-state index in [-0.39, 0.29) is 0 Å². The highest BCUT2D eigenvalue weighted by atomic mass is 32.1. The fraction of sp³-hybridized carbons (Fsp3) is 0.214. The van der Waals surface area contributed by atoms with Gasteiger partial charge in [-0.2, -0.15) is 4.39 Å². The SMILES string of the molecule is CC(C)(C(=O)Nc1cc([N+](=O)[O-])c(F)cc1F)c1cccs1. The van der Waals surface area contributed by atoms with Crippen molar-refractivity contribution < 1.29 is 18.5 Å². The van der Waals surface area contributed by atoms with Gasteiger partial charge in [0.2, 0.25) is 11.7 Å². The minimum Gasteiger partial charge on any atom is -0.323 e. The molecule has 0 bridgehead atoms. The van der Waals surface area contributed by atoms with E-state index in [1.165, 1.54) is 11.3 Å². The minimum absolute atomic E-state index is 0.381. The summed E-state index contributed by atoms with van der Waals surface area (Å²) in [5.41, 5.74) is -2.28. The molecule has 5 nitrogen and oxygen atoms in total.